The van der Waals surface area contributed by atoms with Gasteiger partial charge < -0.3 is 10.4 Å². The van der Waals surface area contributed by atoms with E-state index < -0.39 is 17.4 Å². The van der Waals surface area contributed by atoms with E-state index in [1.807, 2.05) is 6.07 Å². The highest BCUT2D eigenvalue weighted by Crippen LogP contribution is 2.12. The predicted molar refractivity (Wildman–Crippen MR) is 69.6 cm³/mol. The van der Waals surface area contributed by atoms with Gasteiger partial charge in [-0.15, -0.1) is 0 Å². The molecule has 0 aliphatic rings. The zero-order chi connectivity index (χ0) is 14.5. The van der Waals surface area contributed by atoms with Crippen molar-refractivity contribution >= 4 is 11.9 Å². The summed E-state index contributed by atoms with van der Waals surface area (Å²) in [5, 5.41) is 20.2. The topological polar surface area (TPSA) is 90.2 Å². The molecule has 5 heteroatoms. The predicted octanol–water partition coefficient (Wildman–Crippen LogP) is 1.74. The molecule has 1 unspecified atom stereocenters. The fraction of sp³-hybridized carbons (Fsp3) is 0.357. The molecule has 0 radical (unpaired) electrons. The van der Waals surface area contributed by atoms with Crippen molar-refractivity contribution in [3.8, 4) is 6.07 Å². The highest BCUT2D eigenvalue weighted by Gasteiger charge is 2.32. The van der Waals surface area contributed by atoms with Crippen molar-refractivity contribution in [1.29, 1.82) is 5.26 Å². The van der Waals surface area contributed by atoms with Gasteiger partial charge in [0.05, 0.1) is 12.5 Å². The van der Waals surface area contributed by atoms with Crippen molar-refractivity contribution in [2.24, 2.45) is 0 Å². The maximum absolute atomic E-state index is 12.0. The summed E-state index contributed by atoms with van der Waals surface area (Å²) >= 11 is 0. The molecule has 1 aromatic carbocycles. The molecular weight excluding hydrogens is 244 g/mol. The van der Waals surface area contributed by atoms with E-state index in [-0.39, 0.29) is 12.8 Å². The molecule has 1 amide bonds. The lowest BCUT2D eigenvalue weighted by Crippen LogP contribution is -2.51. The van der Waals surface area contributed by atoms with Crippen LogP contribution in [0.1, 0.15) is 36.2 Å². The van der Waals surface area contributed by atoms with Crippen LogP contribution in [0.25, 0.3) is 0 Å². The van der Waals surface area contributed by atoms with Crippen molar-refractivity contribution in [2.75, 3.05) is 0 Å². The van der Waals surface area contributed by atoms with Crippen LogP contribution in [0.15, 0.2) is 24.3 Å². The monoisotopic (exact) mass is 260 g/mol. The number of nitriles is 1. The number of rotatable bonds is 5. The Balaban J connectivity index is 2.92. The van der Waals surface area contributed by atoms with Crippen LogP contribution in [0.3, 0.4) is 0 Å². The number of carbonyl (C=O) groups is 2. The summed E-state index contributed by atoms with van der Waals surface area (Å²) in [6, 6.07) is 8.61. The van der Waals surface area contributed by atoms with E-state index in [9.17, 15) is 9.59 Å². The second-order valence-corrected chi connectivity index (χ2v) is 4.48. The first-order valence-corrected chi connectivity index (χ1v) is 5.94. The van der Waals surface area contributed by atoms with E-state index in [1.54, 1.807) is 31.2 Å². The van der Waals surface area contributed by atoms with Crippen molar-refractivity contribution in [1.82, 2.24) is 5.32 Å². The lowest BCUT2D eigenvalue weighted by molar-refractivity contribution is -0.143. The molecule has 100 valence electrons. The Kier molecular flexibility index (Phi) is 4.65. The number of amides is 1. The molecule has 1 rings (SSSR count). The van der Waals surface area contributed by atoms with Gasteiger partial charge in [0, 0.05) is 5.56 Å². The van der Waals surface area contributed by atoms with Crippen molar-refractivity contribution in [3.05, 3.63) is 35.4 Å². The summed E-state index contributed by atoms with van der Waals surface area (Å²) < 4.78 is 0. The van der Waals surface area contributed by atoms with Crippen LogP contribution in [0.4, 0.5) is 0 Å². The number of hydrogen-bond donors (Lipinski definition) is 2. The molecule has 0 aliphatic carbocycles. The van der Waals surface area contributed by atoms with E-state index in [2.05, 4.69) is 5.32 Å². The van der Waals surface area contributed by atoms with Gasteiger partial charge in [-0.2, -0.15) is 5.26 Å². The van der Waals surface area contributed by atoms with Crippen LogP contribution in [0.5, 0.6) is 0 Å². The van der Waals surface area contributed by atoms with E-state index in [0.717, 1.165) is 5.56 Å². The van der Waals surface area contributed by atoms with Crippen LogP contribution in [-0.2, 0) is 11.2 Å². The van der Waals surface area contributed by atoms with Gasteiger partial charge >= 0.3 is 5.97 Å². The molecule has 1 aromatic rings. The first kappa shape index (κ1) is 14.7. The highest BCUT2D eigenvalue weighted by molar-refractivity contribution is 5.97. The van der Waals surface area contributed by atoms with Gasteiger partial charge in [-0.1, -0.05) is 19.1 Å². The smallest absolute Gasteiger partial charge is 0.329 e. The third-order valence-electron chi connectivity index (χ3n) is 3.04. The van der Waals surface area contributed by atoms with Crippen LogP contribution in [0, 0.1) is 11.3 Å². The van der Waals surface area contributed by atoms with E-state index in [4.69, 9.17) is 10.4 Å². The summed E-state index contributed by atoms with van der Waals surface area (Å²) in [6.07, 6.45) is 0.497. The minimum absolute atomic E-state index is 0.213. The third kappa shape index (κ3) is 3.55. The molecule has 0 aromatic heterocycles. The summed E-state index contributed by atoms with van der Waals surface area (Å²) in [5.41, 5.74) is -0.208. The number of carbonyl (C=O) groups excluding carboxylic acids is 1. The molecule has 5 nitrogen and oxygen atoms in total. The number of carboxylic acid groups (broad SMARTS) is 1. The number of aliphatic carboxylic acids is 1. The maximum atomic E-state index is 12.0. The van der Waals surface area contributed by atoms with Gasteiger partial charge in [0.2, 0.25) is 0 Å². The lowest BCUT2D eigenvalue weighted by Gasteiger charge is -2.24. The largest absolute Gasteiger partial charge is 0.480 e. The first-order valence-electron chi connectivity index (χ1n) is 5.94. The standard InChI is InChI=1S/C14H16N2O3/c1-3-14(2,13(18)19)16-12(17)11-6-4-5-10(9-11)7-8-15/h4-6,9H,3,7H2,1-2H3,(H,16,17)(H,18,19). The number of benzene rings is 1. The molecule has 2 N–H and O–H groups in total. The number of nitrogens with zero attached hydrogens (tertiary/aromatic N) is 1. The Hall–Kier alpha value is -2.35. The number of nitrogens with one attached hydrogen (secondary N) is 1. The fourth-order valence-electron chi connectivity index (χ4n) is 1.53. The summed E-state index contributed by atoms with van der Waals surface area (Å²) in [5.74, 6) is -1.52. The second-order valence-electron chi connectivity index (χ2n) is 4.48. The molecule has 0 fully saturated rings. The zero-order valence-corrected chi connectivity index (χ0v) is 10.9. The first-order chi connectivity index (χ1) is 8.92. The van der Waals surface area contributed by atoms with E-state index >= 15 is 0 Å². The van der Waals surface area contributed by atoms with Gasteiger partial charge in [0.15, 0.2) is 0 Å². The quantitative estimate of drug-likeness (QED) is 0.843. The van der Waals surface area contributed by atoms with E-state index in [0.29, 0.717) is 5.56 Å². The van der Waals surface area contributed by atoms with Crippen LogP contribution in [0.2, 0.25) is 0 Å². The Morgan fingerprint density at radius 3 is 2.68 bits per heavy atom. The summed E-state index contributed by atoms with van der Waals surface area (Å²) in [6.45, 7) is 3.16. The van der Waals surface area contributed by atoms with Gasteiger partial charge in [-0.25, -0.2) is 4.79 Å². The maximum Gasteiger partial charge on any atom is 0.329 e. The average Bonchev–Trinajstić information content (AvgIpc) is 2.39. The Morgan fingerprint density at radius 2 is 2.16 bits per heavy atom. The van der Waals surface area contributed by atoms with Crippen molar-refractivity contribution in [2.45, 2.75) is 32.2 Å². The molecule has 0 saturated carbocycles. The second kappa shape index (κ2) is 6.01. The molecular formula is C14H16N2O3. The minimum Gasteiger partial charge on any atom is -0.480 e. The normalized spacial score (nSPS) is 13.1. The molecule has 1 atom stereocenters. The van der Waals surface area contributed by atoms with Crippen molar-refractivity contribution < 1.29 is 14.7 Å². The Labute approximate surface area is 111 Å². The van der Waals surface area contributed by atoms with E-state index in [1.165, 1.54) is 6.92 Å². The fourth-order valence-corrected chi connectivity index (χ4v) is 1.53. The summed E-state index contributed by atoms with van der Waals surface area (Å²) in [7, 11) is 0. The molecule has 0 bridgehead atoms. The molecule has 0 spiro atoms. The molecule has 0 saturated heterocycles. The number of carboxylic acids is 1. The molecule has 19 heavy (non-hydrogen) atoms. The number of hydrogen-bond acceptors (Lipinski definition) is 3. The Bertz CT molecular complexity index is 534. The molecule has 0 heterocycles. The third-order valence-corrected chi connectivity index (χ3v) is 3.04. The minimum atomic E-state index is -1.29. The zero-order valence-electron chi connectivity index (χ0n) is 10.9. The highest BCUT2D eigenvalue weighted by atomic mass is 16.4. The van der Waals surface area contributed by atoms with Gasteiger partial charge in [0.25, 0.3) is 5.91 Å². The Morgan fingerprint density at radius 1 is 1.47 bits per heavy atom. The molecule has 0 aliphatic heterocycles. The van der Waals surface area contributed by atoms with Gasteiger partial charge in [-0.05, 0) is 31.0 Å². The van der Waals surface area contributed by atoms with Gasteiger partial charge in [0.1, 0.15) is 5.54 Å². The van der Waals surface area contributed by atoms with Crippen molar-refractivity contribution in [3.63, 3.8) is 0 Å². The SMILES string of the molecule is CCC(C)(NC(=O)c1cccc(CC#N)c1)C(=O)O. The van der Waals surface area contributed by atoms with Crippen LogP contribution < -0.4 is 5.32 Å². The van der Waals surface area contributed by atoms with Crippen LogP contribution >= 0.6 is 0 Å². The van der Waals surface area contributed by atoms with Gasteiger partial charge in [-0.3, -0.25) is 4.79 Å². The summed E-state index contributed by atoms with van der Waals surface area (Å²) in [4.78, 5) is 23.2. The average molecular weight is 260 g/mol. The van der Waals surface area contributed by atoms with Crippen LogP contribution in [-0.4, -0.2) is 22.5 Å². The lowest BCUT2D eigenvalue weighted by atomic mass is 9.98.